The first-order valence-electron chi connectivity index (χ1n) is 16.6. The summed E-state index contributed by atoms with van der Waals surface area (Å²) >= 11 is 34.6. The van der Waals surface area contributed by atoms with Crippen molar-refractivity contribution in [3.8, 4) is 28.7 Å². The highest BCUT2D eigenvalue weighted by Gasteiger charge is 2.56. The van der Waals surface area contributed by atoms with Gasteiger partial charge in [0.05, 0.1) is 39.5 Å². The number of carbonyl (C=O) groups excluding carboxylic acids is 4. The Morgan fingerprint density at radius 3 is 2.00 bits per heavy atom. The molecule has 4 aliphatic rings. The van der Waals surface area contributed by atoms with Gasteiger partial charge < -0.3 is 57.6 Å². The second kappa shape index (κ2) is 17.5. The lowest BCUT2D eigenvalue weighted by molar-refractivity contribution is -0.345. The van der Waals surface area contributed by atoms with E-state index in [0.29, 0.717) is 5.56 Å². The van der Waals surface area contributed by atoms with Crippen LogP contribution in [0.2, 0.25) is 0 Å². The number of alkyl halides is 6. The summed E-state index contributed by atoms with van der Waals surface area (Å²) in [7, 11) is 2.60. The van der Waals surface area contributed by atoms with Crippen LogP contribution in [0.1, 0.15) is 35.6 Å². The van der Waals surface area contributed by atoms with Crippen molar-refractivity contribution in [3.05, 3.63) is 41.0 Å². The zero-order valence-electron chi connectivity index (χ0n) is 29.1. The molecule has 0 saturated carbocycles. The molecule has 6 rings (SSSR count). The van der Waals surface area contributed by atoms with Gasteiger partial charge in [-0.1, -0.05) is 69.6 Å². The number of fused-ring (bicyclic) bond motifs is 3. The van der Waals surface area contributed by atoms with Crippen LogP contribution in [0.25, 0.3) is 0 Å². The molecule has 306 valence electrons. The molecule has 1 unspecified atom stereocenters. The lowest BCUT2D eigenvalue weighted by Gasteiger charge is -2.47. The maximum absolute atomic E-state index is 13.4. The van der Waals surface area contributed by atoms with Gasteiger partial charge in [0.15, 0.2) is 35.4 Å². The Hall–Kier alpha value is -2.90. The Bertz CT molecular complexity index is 1820. The van der Waals surface area contributed by atoms with E-state index in [1.54, 1.807) is 6.92 Å². The molecule has 3 saturated heterocycles. The lowest BCUT2D eigenvalue weighted by Crippen LogP contribution is -2.66. The molecular formula is C34H32Cl6O16. The van der Waals surface area contributed by atoms with E-state index < -0.39 is 105 Å². The molecule has 16 nitrogen and oxygen atoms in total. The molecule has 2 aromatic carbocycles. The molecule has 3 aliphatic heterocycles. The SMILES string of the molecule is COc1cc([C@@H]2c3cc(O[C@@H]4O[C@@H]5COC(C)O[C@H]5[C@H](OC(=O)C(Cl)Cl)[C@H]4OC(=O)C(Cl)Cl)c(O)cc3[C@@H](O)[C@H]3COC(=O)[C@H]23)cc(OC)c1OC(=O)C(Cl)Cl. The number of hydrogen-bond acceptors (Lipinski definition) is 16. The third kappa shape index (κ3) is 8.46. The predicted molar refractivity (Wildman–Crippen MR) is 194 cm³/mol. The number of aromatic hydroxyl groups is 1. The summed E-state index contributed by atoms with van der Waals surface area (Å²) in [5.74, 6) is -7.71. The van der Waals surface area contributed by atoms with E-state index in [1.807, 2.05) is 0 Å². The van der Waals surface area contributed by atoms with Gasteiger partial charge in [0.2, 0.25) is 32.7 Å². The van der Waals surface area contributed by atoms with Gasteiger partial charge >= 0.3 is 23.9 Å². The van der Waals surface area contributed by atoms with Crippen LogP contribution >= 0.6 is 69.6 Å². The summed E-state index contributed by atoms with van der Waals surface area (Å²) in [4.78, 5) is 46.4. The maximum atomic E-state index is 13.4. The van der Waals surface area contributed by atoms with Gasteiger partial charge in [-0.05, 0) is 47.9 Å². The minimum atomic E-state index is -1.71. The summed E-state index contributed by atoms with van der Waals surface area (Å²) in [5, 5.41) is 22.9. The minimum Gasteiger partial charge on any atom is -0.504 e. The molecule has 2 aromatic rings. The van der Waals surface area contributed by atoms with Gasteiger partial charge in [0, 0.05) is 11.8 Å². The molecule has 0 spiro atoms. The van der Waals surface area contributed by atoms with Crippen LogP contribution in [0.15, 0.2) is 24.3 Å². The first kappa shape index (κ1) is 42.7. The number of esters is 4. The Labute approximate surface area is 348 Å². The van der Waals surface area contributed by atoms with E-state index in [0.717, 1.165) is 0 Å². The van der Waals surface area contributed by atoms with Gasteiger partial charge in [0.25, 0.3) is 0 Å². The first-order valence-corrected chi connectivity index (χ1v) is 19.2. The number of rotatable bonds is 11. The quantitative estimate of drug-likeness (QED) is 0.139. The van der Waals surface area contributed by atoms with Crippen LogP contribution in [0.4, 0.5) is 0 Å². The molecular weight excluding hydrogens is 877 g/mol. The number of ether oxygens (including phenoxy) is 10. The van der Waals surface area contributed by atoms with Crippen molar-refractivity contribution in [2.75, 3.05) is 27.4 Å². The van der Waals surface area contributed by atoms with Crippen LogP contribution in [0, 0.1) is 11.8 Å². The van der Waals surface area contributed by atoms with Crippen LogP contribution in [-0.4, -0.2) is 113 Å². The largest absolute Gasteiger partial charge is 0.504 e. The zero-order chi connectivity index (χ0) is 40.7. The van der Waals surface area contributed by atoms with E-state index in [-0.39, 0.29) is 47.3 Å². The Balaban J connectivity index is 1.46. The van der Waals surface area contributed by atoms with Crippen LogP contribution < -0.4 is 18.9 Å². The number of benzene rings is 2. The molecule has 3 fully saturated rings. The van der Waals surface area contributed by atoms with Crippen LogP contribution in [0.3, 0.4) is 0 Å². The number of phenolic OH excluding ortho intramolecular Hbond substituents is 1. The molecule has 0 aromatic heterocycles. The van der Waals surface area contributed by atoms with E-state index >= 15 is 0 Å². The molecule has 2 N–H and O–H groups in total. The first-order chi connectivity index (χ1) is 26.5. The fraction of sp³-hybridized carbons (Fsp3) is 0.529. The number of halogens is 6. The van der Waals surface area contributed by atoms with Crippen molar-refractivity contribution >= 4 is 93.5 Å². The second-order valence-electron chi connectivity index (χ2n) is 12.7. The Morgan fingerprint density at radius 1 is 0.804 bits per heavy atom. The van der Waals surface area contributed by atoms with Crippen molar-refractivity contribution in [3.63, 3.8) is 0 Å². The van der Waals surface area contributed by atoms with Gasteiger partial charge in [-0.15, -0.1) is 0 Å². The van der Waals surface area contributed by atoms with Crippen molar-refractivity contribution in [2.45, 2.75) is 70.5 Å². The summed E-state index contributed by atoms with van der Waals surface area (Å²) in [5.41, 5.74) is 0.821. The van der Waals surface area contributed by atoms with E-state index in [1.165, 1.54) is 38.5 Å². The highest BCUT2D eigenvalue weighted by molar-refractivity contribution is 6.53. The third-order valence-electron chi connectivity index (χ3n) is 9.50. The van der Waals surface area contributed by atoms with E-state index in [4.69, 9.17) is 117 Å². The Kier molecular flexibility index (Phi) is 13.4. The normalized spacial score (nSPS) is 29.5. The van der Waals surface area contributed by atoms with Crippen LogP contribution in [0.5, 0.6) is 28.7 Å². The molecule has 10 atom stereocenters. The number of carbonyl (C=O) groups is 4. The number of aliphatic hydroxyl groups is 1. The lowest BCUT2D eigenvalue weighted by atomic mass is 9.66. The summed E-state index contributed by atoms with van der Waals surface area (Å²) in [6.45, 7) is 1.32. The number of hydrogen-bond donors (Lipinski definition) is 2. The fourth-order valence-corrected chi connectivity index (χ4v) is 7.39. The molecule has 56 heavy (non-hydrogen) atoms. The average molecular weight is 909 g/mol. The topological polar surface area (TPSA) is 201 Å². The number of aliphatic hydroxyl groups excluding tert-OH is 1. The van der Waals surface area contributed by atoms with Gasteiger partial charge in [-0.25, -0.2) is 14.4 Å². The van der Waals surface area contributed by atoms with E-state index in [2.05, 4.69) is 0 Å². The van der Waals surface area contributed by atoms with Gasteiger partial charge in [0.1, 0.15) is 12.2 Å². The molecule has 0 amide bonds. The standard InChI is InChI=1S/C34H32Cl6O16/c1-10-49-9-19-24(51-10)25(55-32(45)28(37)38)26(56-33(46)29(39)40)34(53-19)52-16-7-12-13(6-15(16)41)22(42)14-8-50-30(43)21(14)20(12)11-4-17(47-2)23(18(5-11)48-3)54-31(44)27(35)36/h4-7,10,14,19-22,24-29,34,41-42H,8-9H2,1-3H3/t10?,14-,19+,20+,21-,22+,24+,25-,26+,34+/m0/s1. The highest BCUT2D eigenvalue weighted by Crippen LogP contribution is 2.55. The molecule has 1 aliphatic carbocycles. The smallest absolute Gasteiger partial charge is 0.345 e. The summed E-state index contributed by atoms with van der Waals surface area (Å²) < 4.78 is 56.7. The molecule has 3 heterocycles. The third-order valence-corrected chi connectivity index (χ3v) is 10.6. The van der Waals surface area contributed by atoms with E-state index in [9.17, 15) is 29.4 Å². The van der Waals surface area contributed by atoms with Crippen molar-refractivity contribution < 1.29 is 76.8 Å². The number of cyclic esters (lactones) is 1. The number of methoxy groups -OCH3 is 2. The van der Waals surface area contributed by atoms with Gasteiger partial charge in [-0.2, -0.15) is 0 Å². The highest BCUT2D eigenvalue weighted by atomic mass is 35.5. The zero-order valence-corrected chi connectivity index (χ0v) is 33.6. The Morgan fingerprint density at radius 2 is 1.41 bits per heavy atom. The van der Waals surface area contributed by atoms with Crippen LogP contribution in [-0.2, 0) is 47.6 Å². The molecule has 0 bridgehead atoms. The summed E-state index contributed by atoms with van der Waals surface area (Å²) in [6.07, 6.45) is -9.14. The summed E-state index contributed by atoms with van der Waals surface area (Å²) in [6, 6.07) is 5.52. The van der Waals surface area contributed by atoms with Gasteiger partial charge in [-0.3, -0.25) is 4.79 Å². The average Bonchev–Trinajstić information content (AvgIpc) is 3.54. The second-order valence-corrected chi connectivity index (χ2v) is 16.0. The fourth-order valence-electron chi connectivity index (χ4n) is 7.10. The predicted octanol–water partition coefficient (Wildman–Crippen LogP) is 4.38. The monoisotopic (exact) mass is 906 g/mol. The van der Waals surface area contributed by atoms with Crippen molar-refractivity contribution in [1.82, 2.24) is 0 Å². The van der Waals surface area contributed by atoms with Crippen molar-refractivity contribution in [2.24, 2.45) is 11.8 Å². The molecule has 0 radical (unpaired) electrons. The number of phenols is 1. The van der Waals surface area contributed by atoms with Crippen molar-refractivity contribution in [1.29, 1.82) is 0 Å². The molecule has 22 heteroatoms. The minimum absolute atomic E-state index is 0.0119. The maximum Gasteiger partial charge on any atom is 0.345 e.